The molecule has 2 aromatic carbocycles. The zero-order chi connectivity index (χ0) is 14.6. The quantitative estimate of drug-likeness (QED) is 0.822. The van der Waals surface area contributed by atoms with E-state index >= 15 is 0 Å². The molecule has 0 saturated carbocycles. The minimum Gasteiger partial charge on any atom is -0.492 e. The Balaban J connectivity index is 2.00. The lowest BCUT2D eigenvalue weighted by Gasteiger charge is -2.07. The van der Waals surface area contributed by atoms with Gasteiger partial charge >= 0.3 is 0 Å². The molecule has 0 atom stereocenters. The molecule has 0 radical (unpaired) electrons. The smallest absolute Gasteiger partial charge is 0.181 e. The van der Waals surface area contributed by atoms with Gasteiger partial charge in [0.2, 0.25) is 0 Å². The summed E-state index contributed by atoms with van der Waals surface area (Å²) in [6, 6.07) is 12.1. The maximum absolute atomic E-state index is 13.0. The molecule has 0 fully saturated rings. The fourth-order valence-corrected chi connectivity index (χ4v) is 3.10. The van der Waals surface area contributed by atoms with E-state index in [2.05, 4.69) is 15.9 Å². The third-order valence-electron chi connectivity index (χ3n) is 2.57. The molecule has 0 aromatic heterocycles. The minimum absolute atomic E-state index is 0.00923. The highest BCUT2D eigenvalue weighted by Gasteiger charge is 2.15. The number of ether oxygens (including phenoxy) is 1. The van der Waals surface area contributed by atoms with Crippen molar-refractivity contribution in [3.05, 3.63) is 58.8 Å². The number of hydrogen-bond acceptors (Lipinski definition) is 3. The number of hydrogen-bond donors (Lipinski definition) is 0. The Morgan fingerprint density at radius 1 is 1.10 bits per heavy atom. The molecule has 20 heavy (non-hydrogen) atoms. The van der Waals surface area contributed by atoms with Crippen molar-refractivity contribution in [2.45, 2.75) is 4.90 Å². The van der Waals surface area contributed by atoms with Gasteiger partial charge in [-0.05, 0) is 36.4 Å². The number of benzene rings is 2. The van der Waals surface area contributed by atoms with Crippen molar-refractivity contribution in [1.82, 2.24) is 0 Å². The maximum atomic E-state index is 13.0. The fourth-order valence-electron chi connectivity index (χ4n) is 1.60. The molecule has 6 heteroatoms. The molecule has 0 spiro atoms. The largest absolute Gasteiger partial charge is 0.492 e. The van der Waals surface area contributed by atoms with E-state index in [1.807, 2.05) is 6.07 Å². The number of rotatable bonds is 5. The van der Waals surface area contributed by atoms with Gasteiger partial charge in [-0.2, -0.15) is 0 Å². The topological polar surface area (TPSA) is 43.4 Å². The van der Waals surface area contributed by atoms with Gasteiger partial charge in [-0.25, -0.2) is 12.8 Å². The molecule has 2 rings (SSSR count). The second-order valence-corrected chi connectivity index (χ2v) is 7.11. The van der Waals surface area contributed by atoms with E-state index in [1.54, 1.807) is 18.2 Å². The van der Waals surface area contributed by atoms with Gasteiger partial charge in [0, 0.05) is 4.47 Å². The van der Waals surface area contributed by atoms with E-state index in [4.69, 9.17) is 4.74 Å². The lowest BCUT2D eigenvalue weighted by Crippen LogP contribution is -2.14. The molecule has 0 N–H and O–H groups in total. The number of halogens is 2. The highest BCUT2D eigenvalue weighted by molar-refractivity contribution is 9.10. The molecule has 0 saturated heterocycles. The van der Waals surface area contributed by atoms with E-state index in [0.717, 1.165) is 10.5 Å². The Labute approximate surface area is 125 Å². The highest BCUT2D eigenvalue weighted by atomic mass is 79.9. The molecule has 3 nitrogen and oxygen atoms in total. The van der Waals surface area contributed by atoms with Crippen LogP contribution in [0.4, 0.5) is 4.39 Å². The Hall–Kier alpha value is -1.40. The summed E-state index contributed by atoms with van der Waals surface area (Å²) in [5.74, 6) is -0.198. The van der Waals surface area contributed by atoms with Gasteiger partial charge < -0.3 is 4.74 Å². The van der Waals surface area contributed by atoms with Crippen LogP contribution in [0.2, 0.25) is 0 Å². The van der Waals surface area contributed by atoms with Gasteiger partial charge in [-0.3, -0.25) is 0 Å². The third-order valence-corrected chi connectivity index (χ3v) is 4.74. The van der Waals surface area contributed by atoms with Gasteiger partial charge in [0.05, 0.1) is 10.6 Å². The van der Waals surface area contributed by atoms with Crippen LogP contribution in [0.3, 0.4) is 0 Å². The lowest BCUT2D eigenvalue weighted by atomic mass is 10.3. The third kappa shape index (κ3) is 4.05. The van der Waals surface area contributed by atoms with Crippen LogP contribution in [-0.2, 0) is 9.84 Å². The average molecular weight is 359 g/mol. The van der Waals surface area contributed by atoms with Gasteiger partial charge in [0.15, 0.2) is 9.84 Å². The van der Waals surface area contributed by atoms with Crippen LogP contribution in [0.15, 0.2) is 57.9 Å². The second kappa shape index (κ2) is 6.37. The first-order chi connectivity index (χ1) is 9.47. The maximum Gasteiger partial charge on any atom is 0.181 e. The first-order valence-corrected chi connectivity index (χ1v) is 8.28. The van der Waals surface area contributed by atoms with Crippen molar-refractivity contribution in [2.75, 3.05) is 12.4 Å². The standard InChI is InChI=1S/C14H12BrFO3S/c15-11-3-1-5-13(9-11)19-7-8-20(17,18)14-6-2-4-12(16)10-14/h1-6,9-10H,7-8H2. The molecule has 0 amide bonds. The van der Waals surface area contributed by atoms with Crippen molar-refractivity contribution in [1.29, 1.82) is 0 Å². The van der Waals surface area contributed by atoms with E-state index in [9.17, 15) is 12.8 Å². The van der Waals surface area contributed by atoms with Gasteiger partial charge in [0.1, 0.15) is 18.2 Å². The molecule has 106 valence electrons. The summed E-state index contributed by atoms with van der Waals surface area (Å²) in [6.45, 7) is 0.00923. The van der Waals surface area contributed by atoms with E-state index in [0.29, 0.717) is 5.75 Å². The second-order valence-electron chi connectivity index (χ2n) is 4.08. The van der Waals surface area contributed by atoms with Crippen molar-refractivity contribution in [3.8, 4) is 5.75 Å². The van der Waals surface area contributed by atoms with Crippen molar-refractivity contribution in [2.24, 2.45) is 0 Å². The molecule has 0 unspecified atom stereocenters. The SMILES string of the molecule is O=S(=O)(CCOc1cccc(Br)c1)c1cccc(F)c1. The van der Waals surface area contributed by atoms with Crippen molar-refractivity contribution in [3.63, 3.8) is 0 Å². The predicted molar refractivity (Wildman–Crippen MR) is 78.1 cm³/mol. The average Bonchev–Trinajstić information content (AvgIpc) is 2.38. The van der Waals surface area contributed by atoms with Gasteiger partial charge in [-0.15, -0.1) is 0 Å². The molecule has 0 aliphatic rings. The van der Waals surface area contributed by atoms with Crippen LogP contribution in [-0.4, -0.2) is 20.8 Å². The van der Waals surface area contributed by atoms with Crippen LogP contribution in [0.25, 0.3) is 0 Å². The summed E-state index contributed by atoms with van der Waals surface area (Å²) in [6.07, 6.45) is 0. The Morgan fingerprint density at radius 2 is 1.85 bits per heavy atom. The zero-order valence-corrected chi connectivity index (χ0v) is 12.8. The molecule has 0 bridgehead atoms. The molecule has 0 aliphatic heterocycles. The summed E-state index contributed by atoms with van der Waals surface area (Å²) < 4.78 is 43.2. The predicted octanol–water partition coefficient (Wildman–Crippen LogP) is 3.44. The lowest BCUT2D eigenvalue weighted by molar-refractivity contribution is 0.340. The van der Waals surface area contributed by atoms with Crippen molar-refractivity contribution < 1.29 is 17.5 Å². The summed E-state index contributed by atoms with van der Waals surface area (Å²) in [5.41, 5.74) is 0. The highest BCUT2D eigenvalue weighted by Crippen LogP contribution is 2.18. The van der Waals surface area contributed by atoms with Crippen LogP contribution in [0.5, 0.6) is 5.75 Å². The van der Waals surface area contributed by atoms with E-state index in [1.165, 1.54) is 18.2 Å². The van der Waals surface area contributed by atoms with Crippen LogP contribution < -0.4 is 4.74 Å². The summed E-state index contributed by atoms with van der Waals surface area (Å²) in [7, 11) is -3.54. The zero-order valence-electron chi connectivity index (χ0n) is 10.4. The number of sulfone groups is 1. The first-order valence-electron chi connectivity index (χ1n) is 5.84. The van der Waals surface area contributed by atoms with E-state index < -0.39 is 15.7 Å². The molecule has 2 aromatic rings. The van der Waals surface area contributed by atoms with Gasteiger partial charge in [0.25, 0.3) is 0 Å². The van der Waals surface area contributed by atoms with Crippen molar-refractivity contribution >= 4 is 25.8 Å². The minimum atomic E-state index is -3.54. The van der Waals surface area contributed by atoms with Crippen LogP contribution >= 0.6 is 15.9 Å². The summed E-state index contributed by atoms with van der Waals surface area (Å²) >= 11 is 3.30. The van der Waals surface area contributed by atoms with Gasteiger partial charge in [-0.1, -0.05) is 28.1 Å². The Morgan fingerprint density at radius 3 is 2.55 bits per heavy atom. The fraction of sp³-hybridized carbons (Fsp3) is 0.143. The van der Waals surface area contributed by atoms with Crippen LogP contribution in [0.1, 0.15) is 0 Å². The molecular formula is C14H12BrFO3S. The molecule has 0 heterocycles. The van der Waals surface area contributed by atoms with Crippen LogP contribution in [0, 0.1) is 5.82 Å². The normalized spacial score (nSPS) is 11.3. The Bertz CT molecular complexity index is 701. The summed E-state index contributed by atoms with van der Waals surface area (Å²) in [4.78, 5) is -0.0321. The Kier molecular flexibility index (Phi) is 4.77. The monoisotopic (exact) mass is 358 g/mol. The molecular weight excluding hydrogens is 347 g/mol. The summed E-state index contributed by atoms with van der Waals surface area (Å²) in [5, 5.41) is 0. The van der Waals surface area contributed by atoms with E-state index in [-0.39, 0.29) is 17.3 Å². The first kappa shape index (κ1) is 15.0. The molecule has 0 aliphatic carbocycles.